The number of unbranched alkanes of at least 4 members (excludes halogenated alkanes) is 1. The maximum absolute atomic E-state index is 11.9. The van der Waals surface area contributed by atoms with E-state index in [2.05, 4.69) is 55.5 Å². The van der Waals surface area contributed by atoms with Crippen LogP contribution >= 0.6 is 12.4 Å². The molecule has 3 rings (SSSR count). The molecule has 0 amide bonds. The highest BCUT2D eigenvalue weighted by Gasteiger charge is 2.10. The Hall–Kier alpha value is -2.32. The molecule has 0 spiro atoms. The van der Waals surface area contributed by atoms with Crippen molar-refractivity contribution < 1.29 is 9.53 Å². The Kier molecular flexibility index (Phi) is 8.53. The number of aryl methyl sites for hydroxylation is 1. The molecule has 0 aliphatic heterocycles. The molecule has 0 radical (unpaired) electrons. The van der Waals surface area contributed by atoms with Crippen LogP contribution in [0, 0.1) is 0 Å². The van der Waals surface area contributed by atoms with Crippen LogP contribution in [0.3, 0.4) is 0 Å². The van der Waals surface area contributed by atoms with Gasteiger partial charge >= 0.3 is 5.97 Å². The molecule has 0 heterocycles. The van der Waals surface area contributed by atoms with Gasteiger partial charge in [-0.15, -0.1) is 12.4 Å². The number of benzene rings is 3. The molecular weight excluding hydrogens is 368 g/mol. The van der Waals surface area contributed by atoms with Crippen LogP contribution < -0.4 is 0 Å². The van der Waals surface area contributed by atoms with Gasteiger partial charge in [-0.25, -0.2) is 4.79 Å². The first-order valence-electron chi connectivity index (χ1n) is 9.92. The van der Waals surface area contributed by atoms with E-state index in [-0.39, 0.29) is 18.4 Å². The van der Waals surface area contributed by atoms with Crippen molar-refractivity contribution in [1.82, 2.24) is 0 Å². The van der Waals surface area contributed by atoms with Crippen LogP contribution in [0.15, 0.2) is 66.7 Å². The van der Waals surface area contributed by atoms with Crippen molar-refractivity contribution in [1.29, 1.82) is 0 Å². The van der Waals surface area contributed by atoms with Gasteiger partial charge in [-0.1, -0.05) is 67.9 Å². The summed E-state index contributed by atoms with van der Waals surface area (Å²) in [5.41, 5.74) is 3.30. The van der Waals surface area contributed by atoms with Gasteiger partial charge in [0.05, 0.1) is 12.2 Å². The molecule has 0 saturated heterocycles. The van der Waals surface area contributed by atoms with E-state index < -0.39 is 0 Å². The number of rotatable bonds is 8. The molecular formula is C25H29ClO2. The van der Waals surface area contributed by atoms with Crippen molar-refractivity contribution in [2.24, 2.45) is 0 Å². The molecule has 3 aromatic rings. The van der Waals surface area contributed by atoms with Crippen LogP contribution in [0.4, 0.5) is 0 Å². The maximum Gasteiger partial charge on any atom is 0.338 e. The number of carbonyl (C=O) groups excluding carboxylic acids is 1. The minimum absolute atomic E-state index is 0. The summed E-state index contributed by atoms with van der Waals surface area (Å²) in [5.74, 6) is 0.311. The molecule has 0 unspecified atom stereocenters. The highest BCUT2D eigenvalue weighted by atomic mass is 35.5. The standard InChI is InChI=1S/C25H28O2.ClH/c1-3-27-25(26)22-15-8-12-20(18-22)11-5-4-10-19(2)23-17-9-14-21-13-6-7-16-24(21)23;/h6-9,12-19H,3-5,10-11H2,1-2H3;1H/t19-;/m0./s1. The van der Waals surface area contributed by atoms with Crippen molar-refractivity contribution in [3.8, 4) is 0 Å². The van der Waals surface area contributed by atoms with E-state index in [1.165, 1.54) is 34.7 Å². The lowest BCUT2D eigenvalue weighted by atomic mass is 9.90. The summed E-state index contributed by atoms with van der Waals surface area (Å²) in [6.07, 6.45) is 4.47. The van der Waals surface area contributed by atoms with Crippen LogP contribution in [-0.4, -0.2) is 12.6 Å². The van der Waals surface area contributed by atoms with E-state index in [9.17, 15) is 4.79 Å². The normalized spacial score (nSPS) is 11.6. The topological polar surface area (TPSA) is 26.3 Å². The average molecular weight is 397 g/mol. The number of ether oxygens (including phenoxy) is 1. The molecule has 28 heavy (non-hydrogen) atoms. The molecule has 0 fully saturated rings. The second kappa shape index (κ2) is 10.9. The summed E-state index contributed by atoms with van der Waals surface area (Å²) < 4.78 is 5.09. The molecule has 2 nitrogen and oxygen atoms in total. The zero-order chi connectivity index (χ0) is 19.1. The molecule has 3 heteroatoms. The second-order valence-electron chi connectivity index (χ2n) is 7.14. The quantitative estimate of drug-likeness (QED) is 0.304. The minimum Gasteiger partial charge on any atom is -0.462 e. The molecule has 1 atom stereocenters. The van der Waals surface area contributed by atoms with Gasteiger partial charge in [0.15, 0.2) is 0 Å². The van der Waals surface area contributed by atoms with Crippen LogP contribution in [0.25, 0.3) is 10.8 Å². The fourth-order valence-corrected chi connectivity index (χ4v) is 3.68. The van der Waals surface area contributed by atoms with Crippen molar-refractivity contribution >= 4 is 29.1 Å². The second-order valence-corrected chi connectivity index (χ2v) is 7.14. The number of fused-ring (bicyclic) bond motifs is 1. The summed E-state index contributed by atoms with van der Waals surface area (Å²) >= 11 is 0. The van der Waals surface area contributed by atoms with Crippen molar-refractivity contribution in [2.45, 2.75) is 45.4 Å². The lowest BCUT2D eigenvalue weighted by molar-refractivity contribution is 0.0526. The van der Waals surface area contributed by atoms with E-state index in [0.29, 0.717) is 18.1 Å². The first kappa shape index (κ1) is 22.0. The predicted octanol–water partition coefficient (Wildman–Crippen LogP) is 6.95. The summed E-state index contributed by atoms with van der Waals surface area (Å²) in [5, 5.41) is 2.69. The molecule has 0 aromatic heterocycles. The van der Waals surface area contributed by atoms with E-state index in [4.69, 9.17) is 4.74 Å². The molecule has 0 aliphatic carbocycles. The molecule has 0 saturated carbocycles. The van der Waals surface area contributed by atoms with Crippen LogP contribution in [0.5, 0.6) is 0 Å². The fraction of sp³-hybridized carbons (Fsp3) is 0.320. The molecule has 0 bridgehead atoms. The number of carbonyl (C=O) groups is 1. The Morgan fingerprint density at radius 2 is 1.71 bits per heavy atom. The monoisotopic (exact) mass is 396 g/mol. The summed E-state index contributed by atoms with van der Waals surface area (Å²) in [6.45, 7) is 4.57. The number of hydrogen-bond acceptors (Lipinski definition) is 2. The smallest absolute Gasteiger partial charge is 0.338 e. The van der Waals surface area contributed by atoms with Gasteiger partial charge in [0.25, 0.3) is 0 Å². The number of esters is 1. The number of halogens is 1. The molecule has 3 aromatic carbocycles. The van der Waals surface area contributed by atoms with Gasteiger partial charge in [-0.3, -0.25) is 0 Å². The van der Waals surface area contributed by atoms with Crippen molar-refractivity contribution in [2.75, 3.05) is 6.61 Å². The molecule has 148 valence electrons. The van der Waals surface area contributed by atoms with Gasteiger partial charge < -0.3 is 4.74 Å². The predicted molar refractivity (Wildman–Crippen MR) is 120 cm³/mol. The zero-order valence-corrected chi connectivity index (χ0v) is 17.5. The lowest BCUT2D eigenvalue weighted by Gasteiger charge is -2.15. The Bertz CT molecular complexity index is 898. The van der Waals surface area contributed by atoms with E-state index in [1.807, 2.05) is 25.1 Å². The van der Waals surface area contributed by atoms with Crippen LogP contribution in [0.2, 0.25) is 0 Å². The van der Waals surface area contributed by atoms with Gasteiger partial charge in [0.1, 0.15) is 0 Å². The highest BCUT2D eigenvalue weighted by molar-refractivity contribution is 5.89. The summed E-state index contributed by atoms with van der Waals surface area (Å²) in [7, 11) is 0. The van der Waals surface area contributed by atoms with Crippen molar-refractivity contribution in [3.63, 3.8) is 0 Å². The lowest BCUT2D eigenvalue weighted by Crippen LogP contribution is -2.05. The Morgan fingerprint density at radius 3 is 2.54 bits per heavy atom. The summed E-state index contributed by atoms with van der Waals surface area (Å²) in [4.78, 5) is 11.9. The van der Waals surface area contributed by atoms with Gasteiger partial charge in [0.2, 0.25) is 0 Å². The molecule has 0 N–H and O–H groups in total. The van der Waals surface area contributed by atoms with E-state index >= 15 is 0 Å². The van der Waals surface area contributed by atoms with Crippen LogP contribution in [-0.2, 0) is 11.2 Å². The first-order chi connectivity index (χ1) is 13.2. The van der Waals surface area contributed by atoms with E-state index in [0.717, 1.165) is 12.8 Å². The zero-order valence-electron chi connectivity index (χ0n) is 16.7. The van der Waals surface area contributed by atoms with Gasteiger partial charge in [0, 0.05) is 0 Å². The Labute approximate surface area is 174 Å². The Morgan fingerprint density at radius 1 is 0.964 bits per heavy atom. The van der Waals surface area contributed by atoms with E-state index in [1.54, 1.807) is 0 Å². The third-order valence-electron chi connectivity index (χ3n) is 5.14. The third-order valence-corrected chi connectivity index (χ3v) is 5.14. The first-order valence-corrected chi connectivity index (χ1v) is 9.92. The van der Waals surface area contributed by atoms with Crippen molar-refractivity contribution in [3.05, 3.63) is 83.4 Å². The minimum atomic E-state index is -0.232. The number of hydrogen-bond donors (Lipinski definition) is 0. The molecule has 0 aliphatic rings. The Balaban J connectivity index is 0.00000280. The van der Waals surface area contributed by atoms with Gasteiger partial charge in [-0.2, -0.15) is 0 Å². The third kappa shape index (κ3) is 5.59. The maximum atomic E-state index is 11.9. The SMILES string of the molecule is CCOC(=O)c1cccc(CCCC[C@H](C)c2cccc3ccccc23)c1.Cl. The largest absolute Gasteiger partial charge is 0.462 e. The summed E-state index contributed by atoms with van der Waals surface area (Å²) in [6, 6.07) is 23.1. The van der Waals surface area contributed by atoms with Gasteiger partial charge in [-0.05, 0) is 66.1 Å². The van der Waals surface area contributed by atoms with Crippen LogP contribution in [0.1, 0.15) is 60.5 Å². The average Bonchev–Trinajstić information content (AvgIpc) is 2.71. The highest BCUT2D eigenvalue weighted by Crippen LogP contribution is 2.29. The fourth-order valence-electron chi connectivity index (χ4n) is 3.68.